The lowest BCUT2D eigenvalue weighted by atomic mass is 9.79. The molecule has 0 amide bonds. The minimum atomic E-state index is -5.21. The molecule has 190 valence electrons. The molecule has 0 saturated carbocycles. The molecule has 3 aromatic carbocycles. The molecule has 36 heavy (non-hydrogen) atoms. The van der Waals surface area contributed by atoms with Gasteiger partial charge in [-0.1, -0.05) is 19.4 Å². The normalized spacial score (nSPS) is 15.1. The zero-order valence-electron chi connectivity index (χ0n) is 19.0. The summed E-state index contributed by atoms with van der Waals surface area (Å²) in [6, 6.07) is 6.90. The fourth-order valence-corrected chi connectivity index (χ4v) is 4.14. The molecule has 1 aliphatic carbocycles. The van der Waals surface area contributed by atoms with Gasteiger partial charge in [-0.3, -0.25) is 0 Å². The molecule has 0 bridgehead atoms. The molecule has 0 spiro atoms. The Morgan fingerprint density at radius 3 is 1.89 bits per heavy atom. The van der Waals surface area contributed by atoms with E-state index in [-0.39, 0.29) is 12.2 Å². The third-order valence-electron chi connectivity index (χ3n) is 5.84. The summed E-state index contributed by atoms with van der Waals surface area (Å²) in [5.41, 5.74) is -4.75. The van der Waals surface area contributed by atoms with Crippen LogP contribution >= 0.6 is 0 Å². The van der Waals surface area contributed by atoms with E-state index in [9.17, 15) is 22.4 Å². The monoisotopic (exact) mass is 512 g/mol. The first-order valence-electron chi connectivity index (χ1n) is 11.0. The Hall–Kier alpha value is -3.56. The van der Waals surface area contributed by atoms with Gasteiger partial charge in [0.2, 0.25) is 0 Å². The van der Waals surface area contributed by atoms with Crippen LogP contribution in [0.2, 0.25) is 0 Å². The number of hydrogen-bond acceptors (Lipinski definition) is 3. The first-order chi connectivity index (χ1) is 16.9. The number of alkyl halides is 4. The number of carbonyl (C=O) groups is 1. The van der Waals surface area contributed by atoms with Crippen molar-refractivity contribution in [1.82, 2.24) is 0 Å². The zero-order chi connectivity index (χ0) is 26.4. The number of halogens is 7. The summed E-state index contributed by atoms with van der Waals surface area (Å²) in [6.07, 6.45) is 1.04. The van der Waals surface area contributed by atoms with Crippen LogP contribution in [-0.4, -0.2) is 12.6 Å². The topological polar surface area (TPSA) is 35.5 Å². The van der Waals surface area contributed by atoms with Gasteiger partial charge in [-0.05, 0) is 66.4 Å². The maximum absolute atomic E-state index is 15.2. The summed E-state index contributed by atoms with van der Waals surface area (Å²) >= 11 is 0. The average Bonchev–Trinajstić information content (AvgIpc) is 2.81. The Bertz CT molecular complexity index is 1350. The summed E-state index contributed by atoms with van der Waals surface area (Å²) in [4.78, 5) is 12.4. The highest BCUT2D eigenvalue weighted by Gasteiger charge is 2.65. The molecule has 0 saturated heterocycles. The van der Waals surface area contributed by atoms with Crippen molar-refractivity contribution in [2.45, 2.75) is 38.5 Å². The van der Waals surface area contributed by atoms with Gasteiger partial charge in [0, 0.05) is 0 Å². The maximum atomic E-state index is 15.2. The van der Waals surface area contributed by atoms with Gasteiger partial charge in [-0.25, -0.2) is 18.0 Å². The number of ether oxygens (including phenoxy) is 2. The van der Waals surface area contributed by atoms with Crippen LogP contribution in [0.25, 0.3) is 11.1 Å². The van der Waals surface area contributed by atoms with Gasteiger partial charge >= 0.3 is 17.8 Å². The quantitative estimate of drug-likeness (QED) is 0.195. The molecule has 0 atom stereocenters. The molecule has 0 fully saturated rings. The van der Waals surface area contributed by atoms with E-state index in [0.29, 0.717) is 18.4 Å². The predicted molar refractivity (Wildman–Crippen MR) is 116 cm³/mol. The largest absolute Gasteiger partial charge is 0.491 e. The van der Waals surface area contributed by atoms with Gasteiger partial charge < -0.3 is 9.47 Å². The molecule has 3 aromatic rings. The fraction of sp³-hybridized carbons (Fsp3) is 0.269. The summed E-state index contributed by atoms with van der Waals surface area (Å²) in [6.45, 7) is 3.17. The van der Waals surface area contributed by atoms with Crippen molar-refractivity contribution in [1.29, 1.82) is 0 Å². The lowest BCUT2D eigenvalue weighted by molar-refractivity contribution is -0.228. The van der Waals surface area contributed by atoms with Gasteiger partial charge in [0.1, 0.15) is 5.82 Å². The second-order valence-corrected chi connectivity index (χ2v) is 8.13. The minimum absolute atomic E-state index is 0.108. The lowest BCUT2D eigenvalue weighted by Gasteiger charge is -2.35. The Balaban J connectivity index is 1.79. The van der Waals surface area contributed by atoms with Crippen molar-refractivity contribution in [3.8, 4) is 22.6 Å². The maximum Gasteiger partial charge on any atom is 0.343 e. The van der Waals surface area contributed by atoms with Crippen molar-refractivity contribution in [3.05, 3.63) is 82.2 Å². The van der Waals surface area contributed by atoms with E-state index in [2.05, 4.69) is 0 Å². The number of benzene rings is 3. The summed E-state index contributed by atoms with van der Waals surface area (Å²) < 4.78 is 114. The molecule has 0 aromatic heterocycles. The van der Waals surface area contributed by atoms with Crippen LogP contribution in [0.3, 0.4) is 0 Å². The first-order valence-corrected chi connectivity index (χ1v) is 11.0. The average molecular weight is 512 g/mol. The third kappa shape index (κ3) is 3.88. The Morgan fingerprint density at radius 1 is 0.806 bits per heavy atom. The SMILES string of the molecule is CCCc1ccc(C(=O)Oc2ccc3c(c2F)C(F)(F)C(F)(F)c2c-3ccc(OCC)c2F)cc1F. The highest BCUT2D eigenvalue weighted by atomic mass is 19.3. The highest BCUT2D eigenvalue weighted by molar-refractivity contribution is 5.91. The van der Waals surface area contributed by atoms with Gasteiger partial charge in [0.05, 0.1) is 23.3 Å². The van der Waals surface area contributed by atoms with Crippen LogP contribution in [0.5, 0.6) is 11.5 Å². The molecule has 0 radical (unpaired) electrons. The van der Waals surface area contributed by atoms with E-state index in [1.807, 2.05) is 6.92 Å². The van der Waals surface area contributed by atoms with E-state index >= 15 is 13.2 Å². The van der Waals surface area contributed by atoms with Crippen molar-refractivity contribution < 1.29 is 45.0 Å². The molecule has 0 aliphatic heterocycles. The highest BCUT2D eigenvalue weighted by Crippen LogP contribution is 2.60. The number of carbonyl (C=O) groups excluding carboxylic acids is 1. The third-order valence-corrected chi connectivity index (χ3v) is 5.84. The lowest BCUT2D eigenvalue weighted by Crippen LogP contribution is -2.41. The van der Waals surface area contributed by atoms with Crippen LogP contribution in [0, 0.1) is 17.5 Å². The number of fused-ring (bicyclic) bond motifs is 3. The molecular formula is C26H19F7O3. The van der Waals surface area contributed by atoms with E-state index < -0.39 is 69.0 Å². The molecule has 3 nitrogen and oxygen atoms in total. The molecule has 0 N–H and O–H groups in total. The van der Waals surface area contributed by atoms with Crippen molar-refractivity contribution >= 4 is 5.97 Å². The number of aryl methyl sites for hydroxylation is 1. The molecule has 4 rings (SSSR count). The van der Waals surface area contributed by atoms with Gasteiger partial charge in [0.25, 0.3) is 0 Å². The predicted octanol–water partition coefficient (Wildman–Crippen LogP) is 7.54. The fourth-order valence-electron chi connectivity index (χ4n) is 4.14. The summed E-state index contributed by atoms with van der Waals surface area (Å²) in [5, 5.41) is 0. The van der Waals surface area contributed by atoms with Crippen LogP contribution in [-0.2, 0) is 18.3 Å². The standard InChI is InChI=1S/C26H19F7O3/c1-3-5-13-6-7-14(12-17(13)27)24(34)36-19-11-9-16-15-8-10-18(35-4-2)22(28)20(15)25(30,31)26(32,33)21(16)23(19)29/h6-12H,3-5H2,1-2H3. The Labute approximate surface area is 201 Å². The first kappa shape index (κ1) is 25.5. The summed E-state index contributed by atoms with van der Waals surface area (Å²) in [7, 11) is 0. The van der Waals surface area contributed by atoms with Gasteiger partial charge in [-0.15, -0.1) is 0 Å². The van der Waals surface area contributed by atoms with Crippen LogP contribution < -0.4 is 9.47 Å². The molecule has 0 heterocycles. The van der Waals surface area contributed by atoms with Crippen molar-refractivity contribution in [3.63, 3.8) is 0 Å². The second kappa shape index (κ2) is 9.15. The summed E-state index contributed by atoms with van der Waals surface area (Å²) in [5.74, 6) is -17.7. The Kier molecular flexibility index (Phi) is 6.49. The number of hydrogen-bond donors (Lipinski definition) is 0. The van der Waals surface area contributed by atoms with E-state index in [0.717, 1.165) is 30.3 Å². The smallest absolute Gasteiger partial charge is 0.343 e. The zero-order valence-corrected chi connectivity index (χ0v) is 19.0. The molecule has 1 aliphatic rings. The van der Waals surface area contributed by atoms with E-state index in [1.165, 1.54) is 19.1 Å². The Morgan fingerprint density at radius 2 is 1.36 bits per heavy atom. The minimum Gasteiger partial charge on any atom is -0.491 e. The van der Waals surface area contributed by atoms with E-state index in [1.54, 1.807) is 0 Å². The van der Waals surface area contributed by atoms with Crippen molar-refractivity contribution in [2.75, 3.05) is 6.61 Å². The van der Waals surface area contributed by atoms with Crippen LogP contribution in [0.4, 0.5) is 30.7 Å². The number of esters is 1. The van der Waals surface area contributed by atoms with Gasteiger partial charge in [-0.2, -0.15) is 17.6 Å². The number of rotatable bonds is 6. The molecular weight excluding hydrogens is 493 g/mol. The van der Waals surface area contributed by atoms with Crippen LogP contribution in [0.1, 0.15) is 47.3 Å². The molecule has 0 unspecified atom stereocenters. The molecule has 10 heteroatoms. The van der Waals surface area contributed by atoms with E-state index in [4.69, 9.17) is 9.47 Å². The van der Waals surface area contributed by atoms with Gasteiger partial charge in [0.15, 0.2) is 23.1 Å². The van der Waals surface area contributed by atoms with Crippen molar-refractivity contribution in [2.24, 2.45) is 0 Å². The van der Waals surface area contributed by atoms with Crippen LogP contribution in [0.15, 0.2) is 42.5 Å². The second-order valence-electron chi connectivity index (χ2n) is 8.13.